The van der Waals surface area contributed by atoms with E-state index in [1.165, 1.54) is 22.5 Å². The number of carbonyl (C=O) groups excluding carboxylic acids is 2. The highest BCUT2D eigenvalue weighted by Crippen LogP contribution is 2.30. The lowest BCUT2D eigenvalue weighted by Gasteiger charge is -2.19. The van der Waals surface area contributed by atoms with Crippen LogP contribution in [-0.2, 0) is 21.4 Å². The second-order valence-electron chi connectivity index (χ2n) is 7.38. The molecule has 1 fully saturated rings. The summed E-state index contributed by atoms with van der Waals surface area (Å²) in [6.45, 7) is 4.38. The molecule has 1 aliphatic rings. The van der Waals surface area contributed by atoms with E-state index in [2.05, 4.69) is 10.6 Å². The SMILES string of the molecule is CCN(CC)S(=O)(=O)c1ccc(Cl)c(C(=O)NCc2cccc(NC(=O)C3CC3)c2)c1. The van der Waals surface area contributed by atoms with Gasteiger partial charge in [0.25, 0.3) is 5.91 Å². The van der Waals surface area contributed by atoms with Gasteiger partial charge >= 0.3 is 0 Å². The van der Waals surface area contributed by atoms with E-state index in [0.717, 1.165) is 18.4 Å². The second-order valence-corrected chi connectivity index (χ2v) is 9.72. The van der Waals surface area contributed by atoms with Crippen molar-refractivity contribution in [3.8, 4) is 0 Å². The summed E-state index contributed by atoms with van der Waals surface area (Å²) < 4.78 is 26.8. The van der Waals surface area contributed by atoms with Crippen molar-refractivity contribution in [3.63, 3.8) is 0 Å². The van der Waals surface area contributed by atoms with E-state index < -0.39 is 15.9 Å². The predicted octanol–water partition coefficient (Wildman–Crippen LogP) is 3.65. The van der Waals surface area contributed by atoms with Gasteiger partial charge in [0.15, 0.2) is 0 Å². The zero-order chi connectivity index (χ0) is 22.6. The summed E-state index contributed by atoms with van der Waals surface area (Å²) in [5, 5.41) is 5.81. The lowest BCUT2D eigenvalue weighted by molar-refractivity contribution is -0.117. The number of halogens is 1. The van der Waals surface area contributed by atoms with Crippen molar-refractivity contribution in [1.82, 2.24) is 9.62 Å². The number of amides is 2. The molecule has 2 aromatic carbocycles. The summed E-state index contributed by atoms with van der Waals surface area (Å²) in [5.74, 6) is -0.362. The van der Waals surface area contributed by atoms with E-state index in [4.69, 9.17) is 11.6 Å². The fraction of sp³-hybridized carbons (Fsp3) is 0.364. The maximum atomic E-state index is 12.8. The molecule has 0 spiro atoms. The van der Waals surface area contributed by atoms with Crippen molar-refractivity contribution < 1.29 is 18.0 Å². The van der Waals surface area contributed by atoms with Gasteiger partial charge in [0, 0.05) is 31.2 Å². The average Bonchev–Trinajstić information content (AvgIpc) is 3.59. The van der Waals surface area contributed by atoms with Crippen LogP contribution in [0.4, 0.5) is 5.69 Å². The minimum absolute atomic E-state index is 0.0131. The third-order valence-corrected chi connectivity index (χ3v) is 7.50. The first-order chi connectivity index (χ1) is 14.8. The zero-order valence-corrected chi connectivity index (χ0v) is 19.1. The van der Waals surface area contributed by atoms with Crippen molar-refractivity contribution >= 4 is 39.1 Å². The Morgan fingerprint density at radius 3 is 2.45 bits per heavy atom. The van der Waals surface area contributed by atoms with Crippen LogP contribution in [0.3, 0.4) is 0 Å². The summed E-state index contributed by atoms with van der Waals surface area (Å²) in [5.41, 5.74) is 1.56. The van der Waals surface area contributed by atoms with Crippen molar-refractivity contribution in [1.29, 1.82) is 0 Å². The van der Waals surface area contributed by atoms with Gasteiger partial charge in [0.2, 0.25) is 15.9 Å². The first kappa shape index (κ1) is 23.2. The Hall–Kier alpha value is -2.42. The van der Waals surface area contributed by atoms with Gasteiger partial charge in [-0.25, -0.2) is 8.42 Å². The zero-order valence-electron chi connectivity index (χ0n) is 17.5. The Kier molecular flexibility index (Phi) is 7.35. The smallest absolute Gasteiger partial charge is 0.253 e. The van der Waals surface area contributed by atoms with Gasteiger partial charge in [-0.05, 0) is 48.7 Å². The molecule has 9 heteroatoms. The first-order valence-corrected chi connectivity index (χ1v) is 12.1. The first-order valence-electron chi connectivity index (χ1n) is 10.2. The monoisotopic (exact) mass is 463 g/mol. The summed E-state index contributed by atoms with van der Waals surface area (Å²) in [6.07, 6.45) is 1.84. The number of hydrogen-bond donors (Lipinski definition) is 2. The van der Waals surface area contributed by atoms with Gasteiger partial charge < -0.3 is 10.6 Å². The third-order valence-electron chi connectivity index (χ3n) is 5.12. The van der Waals surface area contributed by atoms with E-state index >= 15 is 0 Å². The summed E-state index contributed by atoms with van der Waals surface area (Å²) in [6, 6.07) is 11.3. The largest absolute Gasteiger partial charge is 0.348 e. The molecule has 3 rings (SSSR count). The topological polar surface area (TPSA) is 95.6 Å². The van der Waals surface area contributed by atoms with Crippen LogP contribution < -0.4 is 10.6 Å². The molecule has 7 nitrogen and oxygen atoms in total. The van der Waals surface area contributed by atoms with E-state index in [0.29, 0.717) is 18.8 Å². The van der Waals surface area contributed by atoms with Crippen LogP contribution >= 0.6 is 11.6 Å². The molecule has 1 aliphatic carbocycles. The fourth-order valence-corrected chi connectivity index (χ4v) is 4.87. The van der Waals surface area contributed by atoms with Crippen molar-refractivity contribution in [2.45, 2.75) is 38.1 Å². The molecule has 2 amide bonds. The lowest BCUT2D eigenvalue weighted by Crippen LogP contribution is -2.31. The maximum absolute atomic E-state index is 12.8. The Morgan fingerprint density at radius 1 is 1.10 bits per heavy atom. The fourth-order valence-electron chi connectivity index (χ4n) is 3.18. The molecule has 31 heavy (non-hydrogen) atoms. The number of nitrogens with zero attached hydrogens (tertiary/aromatic N) is 1. The lowest BCUT2D eigenvalue weighted by atomic mass is 10.1. The molecule has 2 aromatic rings. The molecule has 2 N–H and O–H groups in total. The highest BCUT2D eigenvalue weighted by atomic mass is 35.5. The average molecular weight is 464 g/mol. The number of hydrogen-bond acceptors (Lipinski definition) is 4. The number of anilines is 1. The molecule has 0 saturated heterocycles. The predicted molar refractivity (Wildman–Crippen MR) is 121 cm³/mol. The third kappa shape index (κ3) is 5.64. The van der Waals surface area contributed by atoms with E-state index in [1.807, 2.05) is 6.07 Å². The summed E-state index contributed by atoms with van der Waals surface area (Å²) in [7, 11) is -3.71. The standard InChI is InChI=1S/C22H26ClN3O4S/c1-3-26(4-2)31(29,30)18-10-11-20(23)19(13-18)22(28)24-14-15-6-5-7-17(12-15)25-21(27)16-8-9-16/h5-7,10-13,16H,3-4,8-9,14H2,1-2H3,(H,24,28)(H,25,27). The molecule has 0 atom stereocenters. The van der Waals surface area contributed by atoms with Gasteiger partial charge in [0.1, 0.15) is 0 Å². The van der Waals surface area contributed by atoms with Crippen LogP contribution in [0.5, 0.6) is 0 Å². The van der Waals surface area contributed by atoms with Gasteiger partial charge in [-0.3, -0.25) is 9.59 Å². The Bertz CT molecular complexity index is 1080. The Morgan fingerprint density at radius 2 is 1.81 bits per heavy atom. The molecule has 0 aromatic heterocycles. The van der Waals surface area contributed by atoms with E-state index in [9.17, 15) is 18.0 Å². The van der Waals surface area contributed by atoms with Crippen molar-refractivity contribution in [3.05, 3.63) is 58.6 Å². The Balaban J connectivity index is 1.71. The number of benzene rings is 2. The summed E-state index contributed by atoms with van der Waals surface area (Å²) in [4.78, 5) is 24.7. The van der Waals surface area contributed by atoms with Crippen molar-refractivity contribution in [2.75, 3.05) is 18.4 Å². The minimum Gasteiger partial charge on any atom is -0.348 e. The van der Waals surface area contributed by atoms with Crippen LogP contribution in [0.2, 0.25) is 5.02 Å². The highest BCUT2D eigenvalue weighted by Gasteiger charge is 2.29. The molecule has 0 bridgehead atoms. The normalized spacial score (nSPS) is 13.8. The molecular weight excluding hydrogens is 438 g/mol. The van der Waals surface area contributed by atoms with E-state index in [1.54, 1.807) is 32.0 Å². The van der Waals surface area contributed by atoms with E-state index in [-0.39, 0.29) is 33.9 Å². The number of nitrogens with one attached hydrogen (secondary N) is 2. The molecule has 0 radical (unpaired) electrons. The molecule has 0 unspecified atom stereocenters. The quantitative estimate of drug-likeness (QED) is 0.593. The molecule has 0 heterocycles. The highest BCUT2D eigenvalue weighted by molar-refractivity contribution is 7.89. The van der Waals surface area contributed by atoms with Gasteiger partial charge in [0.05, 0.1) is 15.5 Å². The van der Waals surface area contributed by atoms with Gasteiger partial charge in [-0.2, -0.15) is 4.31 Å². The van der Waals surface area contributed by atoms with Crippen molar-refractivity contribution in [2.24, 2.45) is 5.92 Å². The van der Waals surface area contributed by atoms with Crippen LogP contribution in [0.1, 0.15) is 42.6 Å². The number of carbonyl (C=O) groups is 2. The second kappa shape index (κ2) is 9.80. The van der Waals surface area contributed by atoms with Crippen LogP contribution in [0.15, 0.2) is 47.4 Å². The number of rotatable bonds is 9. The molecule has 166 valence electrons. The Labute approximate surface area is 187 Å². The minimum atomic E-state index is -3.71. The van der Waals surface area contributed by atoms with Gasteiger partial charge in [-0.1, -0.05) is 37.6 Å². The maximum Gasteiger partial charge on any atom is 0.253 e. The molecule has 1 saturated carbocycles. The molecule has 0 aliphatic heterocycles. The van der Waals surface area contributed by atoms with Gasteiger partial charge in [-0.15, -0.1) is 0 Å². The van der Waals surface area contributed by atoms with Crippen LogP contribution in [0, 0.1) is 5.92 Å². The summed E-state index contributed by atoms with van der Waals surface area (Å²) >= 11 is 6.17. The number of sulfonamides is 1. The van der Waals surface area contributed by atoms with Crippen LogP contribution in [0.25, 0.3) is 0 Å². The molecular formula is C22H26ClN3O4S. The van der Waals surface area contributed by atoms with Crippen LogP contribution in [-0.4, -0.2) is 37.6 Å².